The minimum absolute atomic E-state index is 0.628. The highest BCUT2D eigenvalue weighted by Crippen LogP contribution is 2.34. The molecular weight excluding hydrogens is 372 g/mol. The smallest absolute Gasteiger partial charge is 0.130 e. The molecule has 19 heavy (non-hydrogen) atoms. The molecule has 0 bridgehead atoms. The van der Waals surface area contributed by atoms with E-state index in [1.807, 2.05) is 37.3 Å². The number of nitrogen functional groups attached to an aromatic ring is 1. The molecule has 3 aromatic rings. The average molecular weight is 382 g/mol. The minimum Gasteiger partial charge on any atom is -0.397 e. The minimum atomic E-state index is 0.628. The summed E-state index contributed by atoms with van der Waals surface area (Å²) in [6, 6.07) is 9.90. The molecule has 2 N–H and O–H groups in total. The molecule has 0 amide bonds. The van der Waals surface area contributed by atoms with E-state index in [4.69, 9.17) is 5.73 Å². The molecule has 0 saturated heterocycles. The zero-order chi connectivity index (χ0) is 13.6. The van der Waals surface area contributed by atoms with Crippen molar-refractivity contribution in [3.63, 3.8) is 0 Å². The van der Waals surface area contributed by atoms with Gasteiger partial charge in [-0.1, -0.05) is 17.7 Å². The van der Waals surface area contributed by atoms with Crippen molar-refractivity contribution in [2.75, 3.05) is 5.73 Å². The lowest BCUT2D eigenvalue weighted by Crippen LogP contribution is -1.97. The lowest BCUT2D eigenvalue weighted by atomic mass is 10.2. The van der Waals surface area contributed by atoms with Crippen LogP contribution in [-0.4, -0.2) is 15.0 Å². The Balaban J connectivity index is 2.22. The van der Waals surface area contributed by atoms with Crippen LogP contribution in [0.5, 0.6) is 0 Å². The highest BCUT2D eigenvalue weighted by Gasteiger charge is 2.13. The van der Waals surface area contributed by atoms with Crippen molar-refractivity contribution in [2.24, 2.45) is 0 Å². The average Bonchev–Trinajstić information content (AvgIpc) is 2.81. The maximum atomic E-state index is 5.94. The Morgan fingerprint density at radius 3 is 2.47 bits per heavy atom. The van der Waals surface area contributed by atoms with Crippen LogP contribution in [0.1, 0.15) is 5.56 Å². The Kier molecular flexibility index (Phi) is 3.06. The number of nitrogens with two attached hydrogens (primary N) is 1. The molecular formula is C13H10Br2N4. The molecule has 0 aliphatic carbocycles. The summed E-state index contributed by atoms with van der Waals surface area (Å²) in [5.74, 6) is 0. The summed E-state index contributed by atoms with van der Waals surface area (Å²) in [6.45, 7) is 2.05. The fourth-order valence-electron chi connectivity index (χ4n) is 1.80. The van der Waals surface area contributed by atoms with Crippen LogP contribution in [-0.2, 0) is 0 Å². The van der Waals surface area contributed by atoms with Gasteiger partial charge in [-0.3, -0.25) is 0 Å². The van der Waals surface area contributed by atoms with E-state index < -0.39 is 0 Å². The monoisotopic (exact) mass is 380 g/mol. The number of aromatic nitrogens is 3. The maximum Gasteiger partial charge on any atom is 0.130 e. The third-order valence-corrected chi connectivity index (χ3v) is 4.33. The molecule has 1 aromatic heterocycles. The first kappa shape index (κ1) is 12.6. The molecule has 96 valence electrons. The summed E-state index contributed by atoms with van der Waals surface area (Å²) >= 11 is 6.87. The Morgan fingerprint density at radius 1 is 1.11 bits per heavy atom. The highest BCUT2D eigenvalue weighted by atomic mass is 79.9. The Hall–Kier alpha value is -1.40. The number of hydrogen-bond donors (Lipinski definition) is 1. The van der Waals surface area contributed by atoms with Gasteiger partial charge in [-0.25, -0.2) is 0 Å². The summed E-state index contributed by atoms with van der Waals surface area (Å²) in [7, 11) is 0. The third-order valence-electron chi connectivity index (χ3n) is 2.87. The maximum absolute atomic E-state index is 5.94. The SMILES string of the molecule is Cc1ccc(-n2nc3cc(Br)c(N)c(Br)c3n2)cc1. The first-order valence-electron chi connectivity index (χ1n) is 5.64. The van der Waals surface area contributed by atoms with Gasteiger partial charge in [0.25, 0.3) is 0 Å². The first-order valence-corrected chi connectivity index (χ1v) is 7.22. The molecule has 0 saturated carbocycles. The van der Waals surface area contributed by atoms with Crippen LogP contribution in [0.2, 0.25) is 0 Å². The normalized spacial score (nSPS) is 11.1. The summed E-state index contributed by atoms with van der Waals surface area (Å²) in [5, 5.41) is 8.94. The molecule has 2 aromatic carbocycles. The van der Waals surface area contributed by atoms with Crippen molar-refractivity contribution >= 4 is 48.6 Å². The topological polar surface area (TPSA) is 56.7 Å². The number of anilines is 1. The molecule has 3 rings (SSSR count). The van der Waals surface area contributed by atoms with Crippen molar-refractivity contribution < 1.29 is 0 Å². The van der Waals surface area contributed by atoms with Crippen molar-refractivity contribution in [3.8, 4) is 5.69 Å². The van der Waals surface area contributed by atoms with Crippen LogP contribution in [0.15, 0.2) is 39.3 Å². The molecule has 0 fully saturated rings. The van der Waals surface area contributed by atoms with Crippen molar-refractivity contribution in [1.29, 1.82) is 0 Å². The van der Waals surface area contributed by atoms with Gasteiger partial charge in [0, 0.05) is 4.47 Å². The quantitative estimate of drug-likeness (QED) is 0.651. The second kappa shape index (κ2) is 4.61. The summed E-state index contributed by atoms with van der Waals surface area (Å²) in [5.41, 5.74) is 10.2. The lowest BCUT2D eigenvalue weighted by Gasteiger charge is -2.00. The summed E-state index contributed by atoms with van der Waals surface area (Å²) in [6.07, 6.45) is 0. The molecule has 0 unspecified atom stereocenters. The Labute approximate surface area is 126 Å². The Bertz CT molecular complexity index is 762. The van der Waals surface area contributed by atoms with Gasteiger partial charge in [0.1, 0.15) is 11.0 Å². The molecule has 0 atom stereocenters. The number of benzene rings is 2. The number of rotatable bonds is 1. The van der Waals surface area contributed by atoms with E-state index in [0.717, 1.165) is 25.7 Å². The second-order valence-corrected chi connectivity index (χ2v) is 5.93. The standard InChI is InChI=1S/C13H10Br2N4/c1-7-2-4-8(5-3-7)19-17-10-6-9(14)12(16)11(15)13(10)18-19/h2-6H,16H2,1H3. The second-order valence-electron chi connectivity index (χ2n) is 4.28. The van der Waals surface area contributed by atoms with Crippen molar-refractivity contribution in [1.82, 2.24) is 15.0 Å². The van der Waals surface area contributed by atoms with Gasteiger partial charge in [-0.05, 0) is 57.0 Å². The molecule has 6 heteroatoms. The summed E-state index contributed by atoms with van der Waals surface area (Å²) in [4.78, 5) is 1.61. The van der Waals surface area contributed by atoms with E-state index in [2.05, 4.69) is 42.1 Å². The van der Waals surface area contributed by atoms with E-state index in [9.17, 15) is 0 Å². The third kappa shape index (κ3) is 2.15. The first-order chi connectivity index (χ1) is 9.06. The van der Waals surface area contributed by atoms with E-state index in [-0.39, 0.29) is 0 Å². The van der Waals surface area contributed by atoms with Crippen LogP contribution in [0.25, 0.3) is 16.7 Å². The van der Waals surface area contributed by atoms with Crippen LogP contribution in [0.3, 0.4) is 0 Å². The molecule has 0 aliphatic heterocycles. The predicted octanol–water partition coefficient (Wildman–Crippen LogP) is 3.84. The zero-order valence-electron chi connectivity index (χ0n) is 10.1. The van der Waals surface area contributed by atoms with Gasteiger partial charge < -0.3 is 5.73 Å². The van der Waals surface area contributed by atoms with Crippen LogP contribution in [0, 0.1) is 6.92 Å². The molecule has 1 heterocycles. The van der Waals surface area contributed by atoms with Crippen molar-refractivity contribution in [2.45, 2.75) is 6.92 Å². The number of fused-ring (bicyclic) bond motifs is 1. The Morgan fingerprint density at radius 2 is 1.79 bits per heavy atom. The largest absolute Gasteiger partial charge is 0.397 e. The number of nitrogens with zero attached hydrogens (tertiary/aromatic N) is 3. The van der Waals surface area contributed by atoms with Crippen LogP contribution >= 0.6 is 31.9 Å². The summed E-state index contributed by atoms with van der Waals surface area (Å²) < 4.78 is 1.57. The predicted molar refractivity (Wildman–Crippen MR) is 83.4 cm³/mol. The van der Waals surface area contributed by atoms with E-state index in [1.54, 1.807) is 4.80 Å². The van der Waals surface area contributed by atoms with E-state index in [0.29, 0.717) is 5.69 Å². The fourth-order valence-corrected chi connectivity index (χ4v) is 2.97. The van der Waals surface area contributed by atoms with E-state index in [1.165, 1.54) is 5.56 Å². The number of aryl methyl sites for hydroxylation is 1. The van der Waals surface area contributed by atoms with Gasteiger partial charge >= 0.3 is 0 Å². The number of hydrogen-bond acceptors (Lipinski definition) is 3. The van der Waals surface area contributed by atoms with Crippen molar-refractivity contribution in [3.05, 3.63) is 44.8 Å². The van der Waals surface area contributed by atoms with Gasteiger partial charge in [0.15, 0.2) is 0 Å². The van der Waals surface area contributed by atoms with Crippen LogP contribution in [0.4, 0.5) is 5.69 Å². The van der Waals surface area contributed by atoms with Gasteiger partial charge in [0.05, 0.1) is 15.8 Å². The van der Waals surface area contributed by atoms with Gasteiger partial charge in [0.2, 0.25) is 0 Å². The molecule has 0 aliphatic rings. The highest BCUT2D eigenvalue weighted by molar-refractivity contribution is 9.11. The van der Waals surface area contributed by atoms with E-state index >= 15 is 0 Å². The number of halogens is 2. The molecule has 4 nitrogen and oxygen atoms in total. The molecule has 0 spiro atoms. The van der Waals surface area contributed by atoms with Crippen LogP contribution < -0.4 is 5.73 Å². The lowest BCUT2D eigenvalue weighted by molar-refractivity contribution is 0.765. The van der Waals surface area contributed by atoms with Gasteiger partial charge in [-0.15, -0.1) is 10.2 Å². The molecule has 0 radical (unpaired) electrons. The fraction of sp³-hybridized carbons (Fsp3) is 0.0769. The zero-order valence-corrected chi connectivity index (χ0v) is 13.2. The van der Waals surface area contributed by atoms with Gasteiger partial charge in [-0.2, -0.15) is 4.80 Å².